The van der Waals surface area contributed by atoms with Crippen molar-refractivity contribution in [3.05, 3.63) is 33.1 Å². The summed E-state index contributed by atoms with van der Waals surface area (Å²) in [5.74, 6) is -0.853. The minimum atomic E-state index is -0.893. The Balaban J connectivity index is -0.0000000881. The summed E-state index contributed by atoms with van der Waals surface area (Å²) in [5.41, 5.74) is 8.25. The first kappa shape index (κ1) is 90.4. The summed E-state index contributed by atoms with van der Waals surface area (Å²) in [5, 5.41) is 16.0. The predicted molar refractivity (Wildman–Crippen MR) is 222 cm³/mol. The number of carbonyl (C=O) groups excluding carboxylic acids is 7. The predicted octanol–water partition coefficient (Wildman–Crippen LogP) is 1.19. The van der Waals surface area contributed by atoms with E-state index in [2.05, 4.69) is 15.4 Å². The molecular weight excluding hydrogens is 1930 g/mol. The first-order valence-electron chi connectivity index (χ1n) is 19.2. The summed E-state index contributed by atoms with van der Waals surface area (Å²) in [7, 11) is 0. The van der Waals surface area contributed by atoms with Crippen LogP contribution in [-0.4, -0.2) is 179 Å². The Morgan fingerprint density at radius 2 is 1.13 bits per heavy atom. The van der Waals surface area contributed by atoms with Gasteiger partial charge < -0.3 is 72.5 Å². The van der Waals surface area contributed by atoms with Gasteiger partial charge in [-0.2, -0.15) is 4.79 Å². The molecule has 10 unspecified atom stereocenters. The molecule has 19 nitrogen and oxygen atoms in total. The molecule has 2 N–H and O–H groups in total. The smallest absolute Gasteiger partial charge is 0.326 e. The van der Waals surface area contributed by atoms with E-state index in [1.165, 1.54) is 30.6 Å². The molecule has 8 aliphatic heterocycles. The second kappa shape index (κ2) is 45.0. The van der Waals surface area contributed by atoms with Crippen LogP contribution in [0.25, 0.3) is 10.8 Å². The third-order valence-electron chi connectivity index (χ3n) is 11.3. The van der Waals surface area contributed by atoms with E-state index in [-0.39, 0.29) is 337 Å². The van der Waals surface area contributed by atoms with Crippen LogP contribution in [0.5, 0.6) is 0 Å². The average molecular weight is 1990 g/mol. The quantitative estimate of drug-likeness (QED) is 0.175. The third kappa shape index (κ3) is 25.4. The minimum Gasteiger partial charge on any atom is -0.651 e. The first-order chi connectivity index (χ1) is 26.6. The normalized spacial score (nSPS) is 27.4. The summed E-state index contributed by atoms with van der Waals surface area (Å²) in [6.07, 6.45) is 5.51. The van der Waals surface area contributed by atoms with Gasteiger partial charge in [0, 0.05) is 253 Å². The summed E-state index contributed by atoms with van der Waals surface area (Å²) in [4.78, 5) is 95.6. The van der Waals surface area contributed by atoms with Gasteiger partial charge in [0.1, 0.15) is 43.7 Å². The molecule has 8 aliphatic rings. The Labute approximate surface area is 559 Å². The number of fused-ring (bicyclic) bond motifs is 3. The van der Waals surface area contributed by atoms with Gasteiger partial charge in [-0.1, -0.05) is 13.8 Å². The van der Waals surface area contributed by atoms with E-state index < -0.39 is 18.1 Å². The van der Waals surface area contributed by atoms with E-state index >= 15 is 0 Å². The number of carbonyl (C=O) groups is 8. The van der Waals surface area contributed by atoms with Crippen molar-refractivity contribution in [1.82, 2.24) is 20.0 Å². The molecule has 8 fully saturated rings. The van der Waals surface area contributed by atoms with E-state index in [1.807, 2.05) is 13.8 Å². The van der Waals surface area contributed by atoms with Crippen molar-refractivity contribution in [1.29, 1.82) is 0 Å². The van der Waals surface area contributed by atoms with E-state index in [0.717, 1.165) is 51.4 Å². The number of ether oxygens (including phenoxy) is 3. The van der Waals surface area contributed by atoms with Gasteiger partial charge in [0.05, 0.1) is 18.2 Å². The summed E-state index contributed by atoms with van der Waals surface area (Å²) in [6, 6.07) is -1.40. The maximum atomic E-state index is 11.5. The fourth-order valence-corrected chi connectivity index (χ4v) is 8.33. The van der Waals surface area contributed by atoms with Crippen molar-refractivity contribution >= 4 is 65.4 Å². The van der Waals surface area contributed by atoms with E-state index in [1.54, 1.807) is 4.90 Å². The topological polar surface area (TPSA) is 257 Å². The van der Waals surface area contributed by atoms with Crippen LogP contribution in [0.3, 0.4) is 0 Å². The largest absolute Gasteiger partial charge is 0.651 e. The van der Waals surface area contributed by atoms with Gasteiger partial charge in [-0.15, -0.1) is 19.0 Å². The van der Waals surface area contributed by atoms with E-state index in [9.17, 15) is 38.4 Å². The number of carboxylic acid groups (broad SMARTS) is 1. The van der Waals surface area contributed by atoms with Crippen molar-refractivity contribution < 1.29 is 269 Å². The monoisotopic (exact) mass is 1990 g/mol. The Morgan fingerprint density at radius 1 is 0.691 bits per heavy atom. The minimum absolute atomic E-state index is 0. The van der Waals surface area contributed by atoms with Gasteiger partial charge >= 0.3 is 12.2 Å². The average Bonchev–Trinajstić information content (AvgIpc) is 3.99. The number of aliphatic carboxylic acids is 1. The number of likely N-dealkylation sites (tertiary alicyclic amines) is 3. The van der Waals surface area contributed by atoms with Crippen molar-refractivity contribution in [3.63, 3.8) is 0 Å². The second-order valence-electron chi connectivity index (χ2n) is 15.1. The molecule has 10 atom stereocenters. The molecule has 0 saturated carbocycles. The van der Waals surface area contributed by atoms with Crippen LogP contribution in [-0.2, 0) is 197 Å². The summed E-state index contributed by atoms with van der Waals surface area (Å²) in [6.45, 7) is 12.5. The molecule has 0 aromatic carbocycles. The van der Waals surface area contributed by atoms with Gasteiger partial charge in [-0.3, -0.25) is 33.6 Å². The number of hydrogen-bond donors (Lipinski definition) is 2. The van der Waals surface area contributed by atoms with Crippen molar-refractivity contribution in [2.45, 2.75) is 115 Å². The van der Waals surface area contributed by atoms with E-state index in [0.29, 0.717) is 32.8 Å². The van der Waals surface area contributed by atoms with Crippen molar-refractivity contribution in [2.24, 2.45) is 11.8 Å². The fraction of sp³-hybridized carbons (Fsp3) is 0.700. The number of ketones is 4. The molecule has 0 aromatic heterocycles. The Kier molecular flexibility index (Phi) is 59.8. The number of nitrogens with one attached hydrogen (secondary N) is 1. The zero-order valence-corrected chi connectivity index (χ0v) is 63.4. The standard InChI is InChI=1S/C9H13N3O2.C8H11NO3.C8H13NO3.C6H9NO2.C6H8NO2.3CH3.ClH.2U.2V.2W.2Y/c1-6-3-4-12(7(2)13)9(6)8(14)5-11-10;1-5(10)9-3-2-7-8(9)6(11)4-12-7;1-5-3-4-9(6(2)10)7(5)8(11)12;2*8-4-3-9-5-1-2-7-6(4)5;;;;;;;;;;;;/h5-6,9H,3-4H2,1-2H3;7-8H,2-4H2,1H3;5,7H,3-4H2,1-2H3,(H,11,12);5-7H,1-3H2;5-6H,1-3H2;3*1H3;1H;;;;;;;;/q;;;;4*-1;;;;;;;;;. The summed E-state index contributed by atoms with van der Waals surface area (Å²) >= 11 is 0. The molecule has 8 rings (SSSR count). The third-order valence-corrected chi connectivity index (χ3v) is 11.3. The van der Waals surface area contributed by atoms with Crippen molar-refractivity contribution in [3.8, 4) is 0 Å². The van der Waals surface area contributed by atoms with Gasteiger partial charge in [-0.05, 0) is 56.5 Å². The molecule has 0 aromatic rings. The van der Waals surface area contributed by atoms with Crippen LogP contribution in [0.2, 0.25) is 0 Å². The number of amides is 3. The second-order valence-corrected chi connectivity index (χ2v) is 15.1. The van der Waals surface area contributed by atoms with Crippen LogP contribution in [0, 0.1) is 96.3 Å². The number of hydrogen-bond acceptors (Lipinski definition) is 12. The molecule has 3 amide bonds. The van der Waals surface area contributed by atoms with Gasteiger partial charge in [0.15, 0.2) is 11.6 Å². The van der Waals surface area contributed by atoms with Gasteiger partial charge in [0.25, 0.3) is 5.78 Å². The Morgan fingerprint density at radius 3 is 1.59 bits per heavy atom. The molecule has 0 aliphatic carbocycles. The number of nitrogens with zero attached hydrogens (tertiary/aromatic N) is 6. The SMILES string of the molecule is CC(=O)N1CCC(C)C1C(=O)C=[N+]=[N-].CC(=O)N1CCC(C)C1C(=O)O.CC(=O)N1CCC2OCC(=O)C21.Cl.O=C1COC2CCNC12.O=C1COC2CC[N-]C12.[CH3-].[CH3-].[CH3-].[U].[U].[V].[V].[W].[W].[Y].[Y]. The van der Waals surface area contributed by atoms with Crippen LogP contribution in [0.4, 0.5) is 0 Å². The Bertz CT molecular complexity index is 1580. The Hall–Kier alpha value is 2.89. The maximum absolute atomic E-state index is 11.5. The van der Waals surface area contributed by atoms with Crippen LogP contribution < -0.4 is 5.32 Å². The molecule has 0 bridgehead atoms. The first-order valence-corrected chi connectivity index (χ1v) is 19.2. The zero-order valence-electron chi connectivity index (χ0n) is 39.9. The number of rotatable bonds is 3. The molecular formula is C40H64ClN7O12U2V2W2Y2-4. The molecule has 378 valence electrons. The van der Waals surface area contributed by atoms with Gasteiger partial charge in [0.2, 0.25) is 17.7 Å². The molecule has 4 radical (unpaired) electrons. The van der Waals surface area contributed by atoms with Crippen molar-refractivity contribution in [2.75, 3.05) is 52.5 Å². The number of halogens is 1. The molecule has 8 saturated heterocycles. The van der Waals surface area contributed by atoms with Gasteiger partial charge in [-0.25, -0.2) is 4.79 Å². The molecule has 8 heterocycles. The maximum Gasteiger partial charge on any atom is 0.326 e. The van der Waals surface area contributed by atoms with Crippen LogP contribution in [0.15, 0.2) is 0 Å². The number of Topliss-reactive ketones (excluding diaryl/α,β-unsaturated/α-hetero) is 4. The zero-order chi connectivity index (χ0) is 41.3. The van der Waals surface area contributed by atoms with Crippen LogP contribution >= 0.6 is 12.4 Å². The van der Waals surface area contributed by atoms with Crippen LogP contribution in [0.1, 0.15) is 66.7 Å². The van der Waals surface area contributed by atoms with E-state index in [4.69, 9.17) is 24.8 Å². The summed E-state index contributed by atoms with van der Waals surface area (Å²) < 4.78 is 15.5. The molecule has 68 heavy (non-hydrogen) atoms. The fourth-order valence-electron chi connectivity index (χ4n) is 8.33. The molecule has 0 spiro atoms. The molecule has 28 heteroatoms. The number of carboxylic acids is 1.